The molecule has 0 bridgehead atoms. The van der Waals surface area contributed by atoms with Crippen LogP contribution in [0.15, 0.2) is 39.2 Å². The lowest BCUT2D eigenvalue weighted by molar-refractivity contribution is -0.402. The van der Waals surface area contributed by atoms with Gasteiger partial charge in [0, 0.05) is 23.2 Å². The Hall–Kier alpha value is -2.68. The summed E-state index contributed by atoms with van der Waals surface area (Å²) in [6.45, 7) is 2.41. The second-order valence-corrected chi connectivity index (χ2v) is 6.61. The van der Waals surface area contributed by atoms with Crippen LogP contribution < -0.4 is 5.32 Å². The van der Waals surface area contributed by atoms with Crippen molar-refractivity contribution < 1.29 is 18.9 Å². The first-order chi connectivity index (χ1) is 11.8. The van der Waals surface area contributed by atoms with Crippen molar-refractivity contribution in [2.75, 3.05) is 18.4 Å². The van der Waals surface area contributed by atoms with Crippen LogP contribution in [0, 0.1) is 23.0 Å². The van der Waals surface area contributed by atoms with Crippen LogP contribution in [-0.4, -0.2) is 34.7 Å². The van der Waals surface area contributed by atoms with E-state index in [4.69, 9.17) is 4.42 Å². The fourth-order valence-electron chi connectivity index (χ4n) is 2.47. The molecule has 8 nitrogen and oxygen atoms in total. The molecule has 1 fully saturated rings. The third-order valence-electron chi connectivity index (χ3n) is 3.95. The van der Waals surface area contributed by atoms with E-state index >= 15 is 0 Å². The lowest BCUT2D eigenvalue weighted by Crippen LogP contribution is -2.54. The van der Waals surface area contributed by atoms with Crippen LogP contribution in [0.3, 0.4) is 0 Å². The number of likely N-dealkylation sites (tertiary alicyclic amines) is 1. The number of hydrogen-bond donors (Lipinski definition) is 1. The molecule has 1 saturated heterocycles. The number of nitrogens with zero attached hydrogens (tertiary/aromatic N) is 2. The van der Waals surface area contributed by atoms with Gasteiger partial charge in [0.15, 0.2) is 5.76 Å². The summed E-state index contributed by atoms with van der Waals surface area (Å²) < 4.78 is 5.84. The van der Waals surface area contributed by atoms with Gasteiger partial charge in [-0.2, -0.15) is 0 Å². The molecule has 0 unspecified atom stereocenters. The van der Waals surface area contributed by atoms with Crippen molar-refractivity contribution >= 4 is 39.3 Å². The first-order valence-corrected chi connectivity index (χ1v) is 8.25. The van der Waals surface area contributed by atoms with Gasteiger partial charge in [-0.25, -0.2) is 0 Å². The molecule has 2 heterocycles. The number of anilines is 1. The number of amides is 2. The van der Waals surface area contributed by atoms with E-state index in [2.05, 4.69) is 21.2 Å². The first kappa shape index (κ1) is 17.2. The van der Waals surface area contributed by atoms with Crippen LogP contribution in [-0.2, 0) is 4.79 Å². The molecule has 25 heavy (non-hydrogen) atoms. The van der Waals surface area contributed by atoms with E-state index in [1.165, 1.54) is 11.0 Å². The number of carbonyl (C=O) groups excluding carboxylic acids is 2. The third-order valence-corrected chi connectivity index (χ3v) is 4.84. The van der Waals surface area contributed by atoms with Crippen molar-refractivity contribution in [3.8, 4) is 0 Å². The molecule has 1 aliphatic rings. The zero-order chi connectivity index (χ0) is 18.1. The van der Waals surface area contributed by atoms with Gasteiger partial charge in [-0.05, 0) is 36.8 Å². The van der Waals surface area contributed by atoms with E-state index in [0.717, 1.165) is 16.1 Å². The van der Waals surface area contributed by atoms with Gasteiger partial charge >= 0.3 is 5.88 Å². The second-order valence-electron chi connectivity index (χ2n) is 5.76. The number of rotatable bonds is 4. The molecule has 9 heteroatoms. The predicted octanol–water partition coefficient (Wildman–Crippen LogP) is 2.97. The minimum Gasteiger partial charge on any atom is -0.395 e. The van der Waals surface area contributed by atoms with Gasteiger partial charge in [-0.15, -0.1) is 0 Å². The van der Waals surface area contributed by atoms with E-state index in [9.17, 15) is 19.7 Å². The smallest absolute Gasteiger partial charge is 0.395 e. The molecule has 0 saturated carbocycles. The van der Waals surface area contributed by atoms with Crippen molar-refractivity contribution in [3.63, 3.8) is 0 Å². The van der Waals surface area contributed by atoms with Crippen LogP contribution in [0.25, 0.3) is 0 Å². The van der Waals surface area contributed by atoms with E-state index in [1.807, 2.05) is 19.1 Å². The number of carbonyl (C=O) groups is 2. The third kappa shape index (κ3) is 3.55. The Balaban J connectivity index is 1.55. The number of aryl methyl sites for hydroxylation is 1. The molecule has 0 atom stereocenters. The fraction of sp³-hybridized carbons (Fsp3) is 0.250. The highest BCUT2D eigenvalue weighted by atomic mass is 79.9. The normalized spacial score (nSPS) is 14.1. The Morgan fingerprint density at radius 3 is 2.64 bits per heavy atom. The quantitative estimate of drug-likeness (QED) is 0.619. The molecule has 2 amide bonds. The highest BCUT2D eigenvalue weighted by Crippen LogP contribution is 2.25. The lowest BCUT2D eigenvalue weighted by atomic mass is 9.98. The lowest BCUT2D eigenvalue weighted by Gasteiger charge is -2.37. The molecule has 1 aromatic carbocycles. The molecule has 1 aliphatic heterocycles. The summed E-state index contributed by atoms with van der Waals surface area (Å²) in [4.78, 5) is 35.7. The predicted molar refractivity (Wildman–Crippen MR) is 92.3 cm³/mol. The van der Waals surface area contributed by atoms with Gasteiger partial charge < -0.3 is 14.6 Å². The molecule has 3 rings (SSSR count). The molecular weight excluding hydrogens is 394 g/mol. The van der Waals surface area contributed by atoms with Crippen LogP contribution in [0.5, 0.6) is 0 Å². The van der Waals surface area contributed by atoms with Crippen molar-refractivity contribution in [3.05, 3.63) is 56.2 Å². The van der Waals surface area contributed by atoms with Gasteiger partial charge in [-0.3, -0.25) is 19.7 Å². The number of hydrogen-bond acceptors (Lipinski definition) is 5. The van der Waals surface area contributed by atoms with Crippen molar-refractivity contribution in [2.45, 2.75) is 6.92 Å². The Morgan fingerprint density at radius 2 is 2.04 bits per heavy atom. The van der Waals surface area contributed by atoms with Crippen molar-refractivity contribution in [1.29, 1.82) is 0 Å². The maximum absolute atomic E-state index is 12.2. The van der Waals surface area contributed by atoms with Crippen LogP contribution in [0.2, 0.25) is 0 Å². The van der Waals surface area contributed by atoms with E-state index in [1.54, 1.807) is 6.07 Å². The van der Waals surface area contributed by atoms with Crippen LogP contribution in [0.4, 0.5) is 11.6 Å². The topological polar surface area (TPSA) is 106 Å². The second kappa shape index (κ2) is 6.67. The minimum atomic E-state index is -0.705. The Morgan fingerprint density at radius 1 is 1.32 bits per heavy atom. The zero-order valence-corrected chi connectivity index (χ0v) is 14.8. The molecule has 1 aromatic heterocycles. The number of furan rings is 1. The van der Waals surface area contributed by atoms with E-state index in [-0.39, 0.29) is 30.7 Å². The van der Waals surface area contributed by atoms with Crippen molar-refractivity contribution in [2.24, 2.45) is 5.92 Å². The monoisotopic (exact) mass is 407 g/mol. The van der Waals surface area contributed by atoms with Crippen molar-refractivity contribution in [1.82, 2.24) is 4.90 Å². The zero-order valence-electron chi connectivity index (χ0n) is 13.2. The molecule has 2 aromatic rings. The average molecular weight is 408 g/mol. The molecule has 0 radical (unpaired) electrons. The maximum atomic E-state index is 12.2. The highest BCUT2D eigenvalue weighted by Gasteiger charge is 2.37. The molecule has 130 valence electrons. The minimum absolute atomic E-state index is 0.103. The van der Waals surface area contributed by atoms with Crippen LogP contribution >= 0.6 is 15.9 Å². The van der Waals surface area contributed by atoms with Crippen LogP contribution in [0.1, 0.15) is 16.1 Å². The summed E-state index contributed by atoms with van der Waals surface area (Å²) in [6, 6.07) is 7.89. The number of nitro groups is 1. The molecular formula is C16H14BrN3O5. The Kier molecular flexibility index (Phi) is 4.58. The number of halogens is 1. The summed E-state index contributed by atoms with van der Waals surface area (Å²) in [5.41, 5.74) is 1.69. The number of nitrogens with one attached hydrogen (secondary N) is 1. The molecule has 0 aliphatic carbocycles. The maximum Gasteiger partial charge on any atom is 0.433 e. The largest absolute Gasteiger partial charge is 0.433 e. The fourth-order valence-corrected chi connectivity index (χ4v) is 2.72. The summed E-state index contributed by atoms with van der Waals surface area (Å²) in [5, 5.41) is 13.4. The summed E-state index contributed by atoms with van der Waals surface area (Å²) >= 11 is 3.40. The highest BCUT2D eigenvalue weighted by molar-refractivity contribution is 9.10. The van der Waals surface area contributed by atoms with Gasteiger partial charge in [-0.1, -0.05) is 15.9 Å². The summed E-state index contributed by atoms with van der Waals surface area (Å²) in [7, 11) is 0. The SMILES string of the molecule is Cc1cc(NC(=O)C2CN(C(=O)c3ccc([N+](=O)[O-])o3)C2)ccc1Br. The first-order valence-electron chi connectivity index (χ1n) is 7.45. The van der Waals surface area contributed by atoms with Gasteiger partial charge in [0.1, 0.15) is 4.92 Å². The standard InChI is InChI=1S/C16H14BrN3O5/c1-9-6-11(2-3-12(9)17)18-15(21)10-7-19(8-10)16(22)13-4-5-14(25-13)20(23)24/h2-6,10H,7-8H2,1H3,(H,18,21). The van der Waals surface area contributed by atoms with Gasteiger partial charge in [0.05, 0.1) is 12.0 Å². The number of benzene rings is 1. The summed E-state index contributed by atoms with van der Waals surface area (Å²) in [5.74, 6) is -1.54. The van der Waals surface area contributed by atoms with E-state index in [0.29, 0.717) is 5.69 Å². The Bertz CT molecular complexity index is 857. The van der Waals surface area contributed by atoms with Gasteiger partial charge in [0.2, 0.25) is 5.91 Å². The molecule has 1 N–H and O–H groups in total. The Labute approximate surface area is 151 Å². The van der Waals surface area contributed by atoms with Gasteiger partial charge in [0.25, 0.3) is 5.91 Å². The average Bonchev–Trinajstić information content (AvgIpc) is 2.99. The molecule has 0 spiro atoms. The van der Waals surface area contributed by atoms with E-state index < -0.39 is 16.7 Å². The summed E-state index contributed by atoms with van der Waals surface area (Å²) in [6.07, 6.45) is 0.